The summed E-state index contributed by atoms with van der Waals surface area (Å²) >= 11 is 1.61. The lowest BCUT2D eigenvalue weighted by Crippen LogP contribution is -2.16. The molecular formula is C10H12N10S. The molecular weight excluding hydrogens is 292 g/mol. The van der Waals surface area contributed by atoms with Gasteiger partial charge in [-0.3, -0.25) is 5.43 Å². The summed E-state index contributed by atoms with van der Waals surface area (Å²) in [7, 11) is 0. The van der Waals surface area contributed by atoms with Crippen LogP contribution >= 0.6 is 11.3 Å². The monoisotopic (exact) mass is 304 g/mol. The first-order valence-electron chi connectivity index (χ1n) is 6.05. The van der Waals surface area contributed by atoms with Gasteiger partial charge in [-0.2, -0.15) is 24.7 Å². The van der Waals surface area contributed by atoms with Gasteiger partial charge in [0.15, 0.2) is 0 Å². The topological polar surface area (TPSA) is 132 Å². The van der Waals surface area contributed by atoms with Crippen LogP contribution in [0.2, 0.25) is 0 Å². The van der Waals surface area contributed by atoms with E-state index in [1.807, 2.05) is 5.38 Å². The lowest BCUT2D eigenvalue weighted by atomic mass is 10.4. The maximum absolute atomic E-state index is 5.36. The lowest BCUT2D eigenvalue weighted by Gasteiger charge is -2.07. The summed E-state index contributed by atoms with van der Waals surface area (Å²) in [6, 6.07) is 0. The van der Waals surface area contributed by atoms with E-state index in [4.69, 9.17) is 5.84 Å². The van der Waals surface area contributed by atoms with Crippen LogP contribution in [0.15, 0.2) is 24.2 Å². The standard InChI is InChI=1S/C10H12N10S/c11-19-9-16-8(14-2-1-7-13-3-4-21-7)17-10(18-9)20-6-12-5-15-20/h3-6H,1-2,11H2,(H2,14,16,17,18,19). The van der Waals surface area contributed by atoms with Gasteiger partial charge in [-0.15, -0.1) is 11.3 Å². The summed E-state index contributed by atoms with van der Waals surface area (Å²) in [5.41, 5.74) is 2.40. The Bertz CT molecular complexity index is 680. The number of anilines is 2. The third kappa shape index (κ3) is 3.27. The molecule has 0 aliphatic heterocycles. The zero-order chi connectivity index (χ0) is 14.5. The van der Waals surface area contributed by atoms with Crippen molar-refractivity contribution in [1.82, 2.24) is 34.7 Å². The fourth-order valence-electron chi connectivity index (χ4n) is 1.58. The van der Waals surface area contributed by atoms with Gasteiger partial charge in [0, 0.05) is 24.5 Å². The first kappa shape index (κ1) is 13.3. The van der Waals surface area contributed by atoms with Crippen molar-refractivity contribution in [2.24, 2.45) is 5.84 Å². The first-order valence-corrected chi connectivity index (χ1v) is 6.93. The Morgan fingerprint density at radius 1 is 1.24 bits per heavy atom. The Labute approximate surface area is 123 Å². The van der Waals surface area contributed by atoms with Crippen molar-refractivity contribution < 1.29 is 0 Å². The highest BCUT2D eigenvalue weighted by molar-refractivity contribution is 7.09. The molecule has 10 nitrogen and oxygen atoms in total. The molecule has 3 rings (SSSR count). The van der Waals surface area contributed by atoms with Crippen molar-refractivity contribution in [2.75, 3.05) is 17.3 Å². The zero-order valence-electron chi connectivity index (χ0n) is 10.8. The highest BCUT2D eigenvalue weighted by Gasteiger charge is 2.08. The number of nitrogens with one attached hydrogen (secondary N) is 2. The van der Waals surface area contributed by atoms with Crippen molar-refractivity contribution in [3.63, 3.8) is 0 Å². The van der Waals surface area contributed by atoms with E-state index in [2.05, 4.69) is 40.8 Å². The number of hydrogen-bond donors (Lipinski definition) is 3. The molecule has 0 atom stereocenters. The van der Waals surface area contributed by atoms with Crippen LogP contribution in [-0.2, 0) is 6.42 Å². The predicted molar refractivity (Wildman–Crippen MR) is 76.9 cm³/mol. The van der Waals surface area contributed by atoms with Crippen LogP contribution in [0, 0.1) is 0 Å². The highest BCUT2D eigenvalue weighted by atomic mass is 32.1. The van der Waals surface area contributed by atoms with E-state index in [0.717, 1.165) is 11.4 Å². The second-order valence-electron chi connectivity index (χ2n) is 3.87. The zero-order valence-corrected chi connectivity index (χ0v) is 11.7. The van der Waals surface area contributed by atoms with Crippen LogP contribution in [0.25, 0.3) is 5.95 Å². The van der Waals surface area contributed by atoms with E-state index in [1.54, 1.807) is 17.5 Å². The Morgan fingerprint density at radius 2 is 2.14 bits per heavy atom. The molecule has 21 heavy (non-hydrogen) atoms. The summed E-state index contributed by atoms with van der Waals surface area (Å²) in [5.74, 6) is 6.33. The maximum atomic E-state index is 5.36. The molecule has 4 N–H and O–H groups in total. The number of nitrogen functional groups attached to an aromatic ring is 1. The van der Waals surface area contributed by atoms with Crippen molar-refractivity contribution in [2.45, 2.75) is 6.42 Å². The Morgan fingerprint density at radius 3 is 2.86 bits per heavy atom. The normalized spacial score (nSPS) is 10.5. The molecule has 0 aliphatic carbocycles. The fourth-order valence-corrected chi connectivity index (χ4v) is 2.20. The van der Waals surface area contributed by atoms with Crippen molar-refractivity contribution in [3.05, 3.63) is 29.2 Å². The molecule has 0 aliphatic rings. The van der Waals surface area contributed by atoms with E-state index >= 15 is 0 Å². The molecule has 0 bridgehead atoms. The molecule has 0 fully saturated rings. The average Bonchev–Trinajstić information content (AvgIpc) is 3.20. The Kier molecular flexibility index (Phi) is 3.93. The van der Waals surface area contributed by atoms with Gasteiger partial charge >= 0.3 is 0 Å². The van der Waals surface area contributed by atoms with E-state index in [0.29, 0.717) is 18.4 Å². The molecule has 0 radical (unpaired) electrons. The van der Waals surface area contributed by atoms with Crippen LogP contribution in [0.5, 0.6) is 0 Å². The van der Waals surface area contributed by atoms with Gasteiger partial charge in [-0.05, 0) is 0 Å². The van der Waals surface area contributed by atoms with Gasteiger partial charge in [0.25, 0.3) is 5.95 Å². The van der Waals surface area contributed by atoms with Crippen LogP contribution in [0.4, 0.5) is 11.9 Å². The van der Waals surface area contributed by atoms with E-state index < -0.39 is 0 Å². The first-order chi connectivity index (χ1) is 10.3. The van der Waals surface area contributed by atoms with E-state index in [9.17, 15) is 0 Å². The van der Waals surface area contributed by atoms with Crippen LogP contribution in [0.3, 0.4) is 0 Å². The summed E-state index contributed by atoms with van der Waals surface area (Å²) in [6.45, 7) is 0.651. The van der Waals surface area contributed by atoms with Gasteiger partial charge < -0.3 is 5.32 Å². The lowest BCUT2D eigenvalue weighted by molar-refractivity contribution is 0.793. The molecule has 3 heterocycles. The van der Waals surface area contributed by atoms with Gasteiger partial charge in [0.2, 0.25) is 11.9 Å². The van der Waals surface area contributed by atoms with Crippen LogP contribution in [-0.4, -0.2) is 41.2 Å². The second-order valence-corrected chi connectivity index (χ2v) is 4.85. The highest BCUT2D eigenvalue weighted by Crippen LogP contribution is 2.09. The second kappa shape index (κ2) is 6.19. The van der Waals surface area contributed by atoms with Gasteiger partial charge in [0.05, 0.1) is 5.01 Å². The number of nitrogens with zero attached hydrogens (tertiary/aromatic N) is 7. The SMILES string of the molecule is NNc1nc(NCCc2nccs2)nc(-n2cncn2)n1. The minimum atomic E-state index is 0.243. The number of thiazole rings is 1. The number of aromatic nitrogens is 7. The molecule has 3 aromatic heterocycles. The summed E-state index contributed by atoms with van der Waals surface area (Å²) in [5, 5.41) is 10.1. The van der Waals surface area contributed by atoms with Crippen molar-refractivity contribution in [1.29, 1.82) is 0 Å². The summed E-state index contributed by atoms with van der Waals surface area (Å²) < 4.78 is 1.43. The smallest absolute Gasteiger partial charge is 0.258 e. The molecule has 108 valence electrons. The quantitative estimate of drug-likeness (QED) is 0.420. The average molecular weight is 304 g/mol. The molecule has 11 heteroatoms. The van der Waals surface area contributed by atoms with Crippen LogP contribution in [0.1, 0.15) is 5.01 Å². The van der Waals surface area contributed by atoms with Crippen molar-refractivity contribution in [3.8, 4) is 5.95 Å². The van der Waals surface area contributed by atoms with E-state index in [1.165, 1.54) is 17.3 Å². The minimum Gasteiger partial charge on any atom is -0.354 e. The van der Waals surface area contributed by atoms with Crippen LogP contribution < -0.4 is 16.6 Å². The third-order valence-electron chi connectivity index (χ3n) is 2.48. The molecule has 0 spiro atoms. The fraction of sp³-hybridized carbons (Fsp3) is 0.200. The molecule has 0 amide bonds. The summed E-state index contributed by atoms with van der Waals surface area (Å²) in [4.78, 5) is 20.6. The maximum Gasteiger partial charge on any atom is 0.258 e. The largest absolute Gasteiger partial charge is 0.354 e. The molecule has 0 saturated heterocycles. The minimum absolute atomic E-state index is 0.243. The van der Waals surface area contributed by atoms with Gasteiger partial charge in [-0.25, -0.2) is 15.8 Å². The number of hydrazine groups is 1. The number of rotatable bonds is 6. The van der Waals surface area contributed by atoms with E-state index in [-0.39, 0.29) is 5.95 Å². The molecule has 0 saturated carbocycles. The summed E-state index contributed by atoms with van der Waals surface area (Å²) in [6.07, 6.45) is 5.46. The molecule has 0 aromatic carbocycles. The van der Waals surface area contributed by atoms with Crippen molar-refractivity contribution >= 4 is 23.2 Å². The van der Waals surface area contributed by atoms with Gasteiger partial charge in [-0.1, -0.05) is 0 Å². The molecule has 3 aromatic rings. The number of nitrogens with two attached hydrogens (primary N) is 1. The Hall–Kier alpha value is -2.66. The number of hydrogen-bond acceptors (Lipinski definition) is 10. The van der Waals surface area contributed by atoms with Gasteiger partial charge in [0.1, 0.15) is 12.7 Å². The predicted octanol–water partition coefficient (Wildman–Crippen LogP) is -0.151. The Balaban J connectivity index is 1.73. The molecule has 0 unspecified atom stereocenters. The third-order valence-corrected chi connectivity index (χ3v) is 3.32.